The summed E-state index contributed by atoms with van der Waals surface area (Å²) in [6.45, 7) is 5.42. The molecule has 90 valence electrons. The van der Waals surface area contributed by atoms with Crippen LogP contribution in [0.1, 0.15) is 32.4 Å². The predicted molar refractivity (Wildman–Crippen MR) is 67.4 cm³/mol. The van der Waals surface area contributed by atoms with Crippen molar-refractivity contribution in [3.63, 3.8) is 0 Å². The van der Waals surface area contributed by atoms with Crippen molar-refractivity contribution in [1.82, 2.24) is 5.32 Å². The molecule has 17 heavy (non-hydrogen) atoms. The first-order valence-corrected chi connectivity index (χ1v) is 5.43. The Morgan fingerprint density at radius 3 is 2.41 bits per heavy atom. The molecule has 1 aromatic rings. The Morgan fingerprint density at radius 2 is 1.94 bits per heavy atom. The summed E-state index contributed by atoms with van der Waals surface area (Å²) in [5.74, 6) is 2.52. The third-order valence-electron chi connectivity index (χ3n) is 1.96. The summed E-state index contributed by atoms with van der Waals surface area (Å²) in [4.78, 5) is 11.6. The minimum Gasteiger partial charge on any atom is -0.444 e. The Morgan fingerprint density at radius 1 is 1.35 bits per heavy atom. The van der Waals surface area contributed by atoms with Gasteiger partial charge in [0.05, 0.1) is 0 Å². The minimum absolute atomic E-state index is 0.467. The molecule has 0 aromatic heterocycles. The molecule has 0 aliphatic rings. The van der Waals surface area contributed by atoms with Gasteiger partial charge in [-0.15, -0.1) is 6.42 Å². The first-order valence-electron chi connectivity index (χ1n) is 5.43. The number of alkyl carbamates (subject to hydrolysis) is 1. The highest BCUT2D eigenvalue weighted by atomic mass is 16.6. The molecule has 0 radical (unpaired) electrons. The van der Waals surface area contributed by atoms with E-state index in [-0.39, 0.29) is 0 Å². The summed E-state index contributed by atoms with van der Waals surface area (Å²) in [5.41, 5.74) is 0.334. The normalized spacial score (nSPS) is 12.4. The van der Waals surface area contributed by atoms with Crippen molar-refractivity contribution in [3.8, 4) is 12.3 Å². The van der Waals surface area contributed by atoms with E-state index in [1.807, 2.05) is 30.3 Å². The van der Waals surface area contributed by atoms with Crippen molar-refractivity contribution in [2.45, 2.75) is 32.4 Å². The van der Waals surface area contributed by atoms with Crippen LogP contribution in [-0.2, 0) is 4.74 Å². The molecule has 0 aliphatic heterocycles. The Balaban J connectivity index is 2.67. The molecular formula is C14H17NO2. The van der Waals surface area contributed by atoms with Crippen LogP contribution in [0, 0.1) is 12.3 Å². The quantitative estimate of drug-likeness (QED) is 0.795. The number of ether oxygens (including phenoxy) is 1. The van der Waals surface area contributed by atoms with Crippen LogP contribution in [0.5, 0.6) is 0 Å². The van der Waals surface area contributed by atoms with Crippen molar-refractivity contribution in [3.05, 3.63) is 35.9 Å². The van der Waals surface area contributed by atoms with E-state index in [0.29, 0.717) is 0 Å². The van der Waals surface area contributed by atoms with Gasteiger partial charge in [0.2, 0.25) is 0 Å². The number of rotatable bonds is 2. The maximum Gasteiger partial charge on any atom is 0.408 e. The van der Waals surface area contributed by atoms with Gasteiger partial charge < -0.3 is 10.1 Å². The lowest BCUT2D eigenvalue weighted by molar-refractivity contribution is 0.0516. The summed E-state index contributed by atoms with van der Waals surface area (Å²) in [7, 11) is 0. The van der Waals surface area contributed by atoms with E-state index >= 15 is 0 Å². The fourth-order valence-corrected chi connectivity index (χ4v) is 1.29. The number of carbonyl (C=O) groups is 1. The van der Waals surface area contributed by atoms with Crippen LogP contribution in [-0.4, -0.2) is 11.7 Å². The van der Waals surface area contributed by atoms with E-state index < -0.39 is 17.7 Å². The molecule has 1 atom stereocenters. The second-order valence-corrected chi connectivity index (χ2v) is 4.66. The van der Waals surface area contributed by atoms with Gasteiger partial charge in [-0.1, -0.05) is 36.3 Å². The van der Waals surface area contributed by atoms with E-state index in [4.69, 9.17) is 11.2 Å². The van der Waals surface area contributed by atoms with E-state index in [0.717, 1.165) is 5.56 Å². The summed E-state index contributed by atoms with van der Waals surface area (Å²) in [5, 5.41) is 2.64. The number of nitrogens with one attached hydrogen (secondary N) is 1. The molecule has 0 bridgehead atoms. The summed E-state index contributed by atoms with van der Waals surface area (Å²) in [6, 6.07) is 8.90. The molecule has 1 aromatic carbocycles. The molecule has 0 spiro atoms. The fraction of sp³-hybridized carbons (Fsp3) is 0.357. The van der Waals surface area contributed by atoms with Crippen LogP contribution in [0.25, 0.3) is 0 Å². The monoisotopic (exact) mass is 231 g/mol. The van der Waals surface area contributed by atoms with E-state index in [1.54, 1.807) is 20.8 Å². The Kier molecular flexibility index (Phi) is 4.17. The smallest absolute Gasteiger partial charge is 0.408 e. The van der Waals surface area contributed by atoms with Crippen LogP contribution < -0.4 is 5.32 Å². The topological polar surface area (TPSA) is 38.3 Å². The zero-order valence-electron chi connectivity index (χ0n) is 10.4. The number of hydrogen-bond donors (Lipinski definition) is 1. The molecule has 0 heterocycles. The average molecular weight is 231 g/mol. The van der Waals surface area contributed by atoms with Crippen molar-refractivity contribution in [2.24, 2.45) is 0 Å². The Hall–Kier alpha value is -1.95. The van der Waals surface area contributed by atoms with Gasteiger partial charge in [0.25, 0.3) is 0 Å². The van der Waals surface area contributed by atoms with E-state index in [2.05, 4.69) is 11.2 Å². The average Bonchev–Trinajstić information content (AvgIpc) is 2.24. The zero-order chi connectivity index (χ0) is 12.9. The predicted octanol–water partition coefficient (Wildman–Crippen LogP) is 2.89. The summed E-state index contributed by atoms with van der Waals surface area (Å²) >= 11 is 0. The fourth-order valence-electron chi connectivity index (χ4n) is 1.29. The third kappa shape index (κ3) is 4.60. The number of terminal acetylenes is 1. The van der Waals surface area contributed by atoms with Gasteiger partial charge in [-0.3, -0.25) is 0 Å². The lowest BCUT2D eigenvalue weighted by Gasteiger charge is -2.21. The highest BCUT2D eigenvalue weighted by Gasteiger charge is 2.19. The summed E-state index contributed by atoms with van der Waals surface area (Å²) < 4.78 is 5.15. The highest BCUT2D eigenvalue weighted by molar-refractivity contribution is 5.69. The minimum atomic E-state index is -0.528. The van der Waals surface area contributed by atoms with Crippen LogP contribution in [0.4, 0.5) is 4.79 Å². The van der Waals surface area contributed by atoms with Crippen LogP contribution in [0.2, 0.25) is 0 Å². The molecule has 1 amide bonds. The largest absolute Gasteiger partial charge is 0.444 e. The molecule has 1 rings (SSSR count). The molecule has 3 heteroatoms. The Labute approximate surface area is 102 Å². The van der Waals surface area contributed by atoms with Crippen LogP contribution in [0.3, 0.4) is 0 Å². The van der Waals surface area contributed by atoms with Crippen molar-refractivity contribution >= 4 is 6.09 Å². The first-order chi connectivity index (χ1) is 7.92. The molecule has 0 saturated carbocycles. The zero-order valence-corrected chi connectivity index (χ0v) is 10.4. The number of hydrogen-bond acceptors (Lipinski definition) is 2. The van der Waals surface area contributed by atoms with Gasteiger partial charge in [0.15, 0.2) is 0 Å². The van der Waals surface area contributed by atoms with E-state index in [9.17, 15) is 4.79 Å². The molecule has 0 saturated heterocycles. The number of carbonyl (C=O) groups excluding carboxylic acids is 1. The van der Waals surface area contributed by atoms with Crippen LogP contribution in [0.15, 0.2) is 30.3 Å². The van der Waals surface area contributed by atoms with Gasteiger partial charge in [-0.05, 0) is 26.3 Å². The van der Waals surface area contributed by atoms with Crippen molar-refractivity contribution < 1.29 is 9.53 Å². The SMILES string of the molecule is C#CC(NC(=O)OC(C)(C)C)c1ccccc1. The maximum absolute atomic E-state index is 11.6. The molecule has 1 N–H and O–H groups in total. The lowest BCUT2D eigenvalue weighted by atomic mass is 10.1. The summed E-state index contributed by atoms with van der Waals surface area (Å²) in [6.07, 6.45) is 4.89. The third-order valence-corrected chi connectivity index (χ3v) is 1.96. The molecule has 1 unspecified atom stereocenters. The molecule has 0 aliphatic carbocycles. The van der Waals surface area contributed by atoms with Gasteiger partial charge in [0.1, 0.15) is 11.6 Å². The molecule has 3 nitrogen and oxygen atoms in total. The first kappa shape index (κ1) is 13.1. The van der Waals surface area contributed by atoms with Crippen LogP contribution >= 0.6 is 0 Å². The van der Waals surface area contributed by atoms with Gasteiger partial charge >= 0.3 is 6.09 Å². The second-order valence-electron chi connectivity index (χ2n) is 4.66. The highest BCUT2D eigenvalue weighted by Crippen LogP contribution is 2.13. The Bertz CT molecular complexity index is 412. The number of benzene rings is 1. The van der Waals surface area contributed by atoms with Gasteiger partial charge in [-0.2, -0.15) is 0 Å². The number of amides is 1. The molecular weight excluding hydrogens is 214 g/mol. The second kappa shape index (κ2) is 5.40. The van der Waals surface area contributed by atoms with E-state index in [1.165, 1.54) is 0 Å². The molecule has 0 fully saturated rings. The van der Waals surface area contributed by atoms with Gasteiger partial charge in [-0.25, -0.2) is 4.79 Å². The standard InChI is InChI=1S/C14H17NO2/c1-5-12(11-9-7-6-8-10-11)15-13(16)17-14(2,3)4/h1,6-10,12H,2-4H3,(H,15,16). The maximum atomic E-state index is 11.6. The van der Waals surface area contributed by atoms with Crippen molar-refractivity contribution in [1.29, 1.82) is 0 Å². The van der Waals surface area contributed by atoms with Gasteiger partial charge in [0, 0.05) is 0 Å². The van der Waals surface area contributed by atoms with Crippen molar-refractivity contribution in [2.75, 3.05) is 0 Å². The lowest BCUT2D eigenvalue weighted by Crippen LogP contribution is -2.34.